The number of ether oxygens (including phenoxy) is 2. The van der Waals surface area contributed by atoms with Crippen LogP contribution in [0.5, 0.6) is 0 Å². The molecular formula is C14H16BrFO3. The van der Waals surface area contributed by atoms with E-state index < -0.39 is 17.2 Å². The summed E-state index contributed by atoms with van der Waals surface area (Å²) in [5.74, 6) is -0.795. The second kappa shape index (κ2) is 4.56. The number of carbonyl (C=O) groups is 1. The largest absolute Gasteiger partial charge is 0.467 e. The molecule has 0 aliphatic carbocycles. The van der Waals surface area contributed by atoms with Gasteiger partial charge in [0.25, 0.3) is 0 Å². The van der Waals surface area contributed by atoms with Crippen molar-refractivity contribution in [3.63, 3.8) is 0 Å². The normalized spacial score (nSPS) is 29.4. The van der Waals surface area contributed by atoms with E-state index in [1.54, 1.807) is 6.07 Å². The highest BCUT2D eigenvalue weighted by atomic mass is 79.9. The topological polar surface area (TPSA) is 38.8 Å². The number of halogens is 2. The minimum absolute atomic E-state index is 0.0538. The third-order valence-corrected chi connectivity index (χ3v) is 4.44. The van der Waals surface area contributed by atoms with E-state index in [2.05, 4.69) is 15.9 Å². The maximum atomic E-state index is 13.2. The standard InChI is InChI=1S/C14H16BrFO3/c1-8(2)14(12(17)18-4)13(3,19-14)10-6-5-9(16)7-11(10)15/h5-8H,1-4H3. The fourth-order valence-electron chi connectivity index (χ4n) is 2.72. The summed E-state index contributed by atoms with van der Waals surface area (Å²) in [5, 5.41) is 0. The van der Waals surface area contributed by atoms with Crippen LogP contribution < -0.4 is 0 Å². The summed E-state index contributed by atoms with van der Waals surface area (Å²) in [5.41, 5.74) is -1.07. The zero-order valence-electron chi connectivity index (χ0n) is 11.3. The van der Waals surface area contributed by atoms with Crippen molar-refractivity contribution in [3.8, 4) is 0 Å². The van der Waals surface area contributed by atoms with Gasteiger partial charge in [0.15, 0.2) is 0 Å². The third kappa shape index (κ3) is 1.91. The van der Waals surface area contributed by atoms with E-state index in [-0.39, 0.29) is 11.7 Å². The number of benzene rings is 1. The smallest absolute Gasteiger partial charge is 0.341 e. The first kappa shape index (κ1) is 14.5. The van der Waals surface area contributed by atoms with Crippen molar-refractivity contribution in [2.24, 2.45) is 5.92 Å². The molecule has 2 unspecified atom stereocenters. The van der Waals surface area contributed by atoms with Gasteiger partial charge in [0, 0.05) is 10.0 Å². The molecule has 1 aromatic carbocycles. The molecule has 0 amide bonds. The first-order chi connectivity index (χ1) is 8.79. The average molecular weight is 331 g/mol. The van der Waals surface area contributed by atoms with Crippen LogP contribution in [0.15, 0.2) is 22.7 Å². The molecule has 0 bridgehead atoms. The van der Waals surface area contributed by atoms with Crippen molar-refractivity contribution in [1.82, 2.24) is 0 Å². The third-order valence-electron chi connectivity index (χ3n) is 3.78. The van der Waals surface area contributed by atoms with Gasteiger partial charge >= 0.3 is 5.97 Å². The van der Waals surface area contributed by atoms with Crippen LogP contribution >= 0.6 is 15.9 Å². The zero-order valence-corrected chi connectivity index (χ0v) is 12.9. The molecule has 0 aromatic heterocycles. The molecule has 2 rings (SSSR count). The fraction of sp³-hybridized carbons (Fsp3) is 0.500. The van der Waals surface area contributed by atoms with Crippen molar-refractivity contribution >= 4 is 21.9 Å². The number of methoxy groups -OCH3 is 1. The van der Waals surface area contributed by atoms with Crippen LogP contribution in [0.3, 0.4) is 0 Å². The first-order valence-electron chi connectivity index (χ1n) is 6.03. The van der Waals surface area contributed by atoms with E-state index >= 15 is 0 Å². The van der Waals surface area contributed by atoms with Crippen molar-refractivity contribution in [3.05, 3.63) is 34.1 Å². The highest BCUT2D eigenvalue weighted by Crippen LogP contribution is 2.61. The second-order valence-electron chi connectivity index (χ2n) is 5.14. The molecule has 5 heteroatoms. The number of esters is 1. The van der Waals surface area contributed by atoms with Gasteiger partial charge in [-0.2, -0.15) is 0 Å². The Hall–Kier alpha value is -0.940. The Morgan fingerprint density at radius 1 is 1.47 bits per heavy atom. The quantitative estimate of drug-likeness (QED) is 0.629. The second-order valence-corrected chi connectivity index (χ2v) is 6.00. The van der Waals surface area contributed by atoms with Crippen LogP contribution in [0.4, 0.5) is 4.39 Å². The lowest BCUT2D eigenvalue weighted by Crippen LogP contribution is -2.37. The maximum Gasteiger partial charge on any atom is 0.341 e. The molecule has 1 heterocycles. The number of hydrogen-bond acceptors (Lipinski definition) is 3. The molecule has 0 radical (unpaired) electrons. The van der Waals surface area contributed by atoms with Crippen LogP contribution in [0.1, 0.15) is 26.3 Å². The molecule has 0 saturated carbocycles. The van der Waals surface area contributed by atoms with Gasteiger partial charge in [-0.25, -0.2) is 9.18 Å². The molecule has 1 fully saturated rings. The summed E-state index contributed by atoms with van der Waals surface area (Å²) in [6, 6.07) is 4.35. The molecule has 19 heavy (non-hydrogen) atoms. The predicted molar refractivity (Wildman–Crippen MR) is 72.1 cm³/mol. The molecule has 1 aliphatic rings. The first-order valence-corrected chi connectivity index (χ1v) is 6.83. The van der Waals surface area contributed by atoms with E-state index in [0.717, 1.165) is 5.56 Å². The highest BCUT2D eigenvalue weighted by molar-refractivity contribution is 9.10. The summed E-state index contributed by atoms with van der Waals surface area (Å²) < 4.78 is 24.4. The molecule has 1 aliphatic heterocycles. The summed E-state index contributed by atoms with van der Waals surface area (Å²) in [6.45, 7) is 5.63. The zero-order chi connectivity index (χ0) is 14.4. The Bertz CT molecular complexity index is 531. The molecule has 0 N–H and O–H groups in total. The van der Waals surface area contributed by atoms with Gasteiger partial charge in [0.05, 0.1) is 7.11 Å². The lowest BCUT2D eigenvalue weighted by molar-refractivity contribution is -0.148. The monoisotopic (exact) mass is 330 g/mol. The Labute approximate surface area is 120 Å². The lowest BCUT2D eigenvalue weighted by atomic mass is 9.80. The van der Waals surface area contributed by atoms with Crippen molar-refractivity contribution < 1.29 is 18.7 Å². The predicted octanol–water partition coefficient (Wildman–Crippen LogP) is 3.40. The van der Waals surface area contributed by atoms with E-state index in [9.17, 15) is 9.18 Å². The van der Waals surface area contributed by atoms with Gasteiger partial charge in [0.1, 0.15) is 11.4 Å². The molecule has 1 saturated heterocycles. The summed E-state index contributed by atoms with van der Waals surface area (Å²) in [7, 11) is 1.34. The van der Waals surface area contributed by atoms with Crippen LogP contribution in [-0.2, 0) is 19.9 Å². The van der Waals surface area contributed by atoms with Gasteiger partial charge < -0.3 is 9.47 Å². The molecular weight excluding hydrogens is 315 g/mol. The average Bonchev–Trinajstić information content (AvgIpc) is 2.97. The molecule has 0 spiro atoms. The van der Waals surface area contributed by atoms with Crippen molar-refractivity contribution in [1.29, 1.82) is 0 Å². The molecule has 1 aromatic rings. The Morgan fingerprint density at radius 2 is 2.11 bits per heavy atom. The Balaban J connectivity index is 2.48. The molecule has 3 nitrogen and oxygen atoms in total. The minimum Gasteiger partial charge on any atom is -0.467 e. The van der Waals surface area contributed by atoms with Gasteiger partial charge in [-0.1, -0.05) is 35.8 Å². The Morgan fingerprint density at radius 3 is 2.58 bits per heavy atom. The van der Waals surface area contributed by atoms with Crippen LogP contribution in [0.2, 0.25) is 0 Å². The maximum absolute atomic E-state index is 13.2. The van der Waals surface area contributed by atoms with Gasteiger partial charge in [0.2, 0.25) is 5.60 Å². The number of carbonyl (C=O) groups excluding carboxylic acids is 1. The number of hydrogen-bond donors (Lipinski definition) is 0. The fourth-order valence-corrected chi connectivity index (χ4v) is 3.45. The van der Waals surface area contributed by atoms with Crippen LogP contribution in [0.25, 0.3) is 0 Å². The van der Waals surface area contributed by atoms with Gasteiger partial charge in [-0.15, -0.1) is 0 Å². The van der Waals surface area contributed by atoms with E-state index in [0.29, 0.717) is 4.47 Å². The minimum atomic E-state index is -1.01. The van der Waals surface area contributed by atoms with E-state index in [1.807, 2.05) is 20.8 Å². The number of rotatable bonds is 3. The highest BCUT2D eigenvalue weighted by Gasteiger charge is 2.75. The summed E-state index contributed by atoms with van der Waals surface area (Å²) >= 11 is 3.32. The van der Waals surface area contributed by atoms with Crippen LogP contribution in [0, 0.1) is 11.7 Å². The summed E-state index contributed by atoms with van der Waals surface area (Å²) in [6.07, 6.45) is 0. The SMILES string of the molecule is COC(=O)C1(C(C)C)OC1(C)c1ccc(F)cc1Br. The van der Waals surface area contributed by atoms with Gasteiger partial charge in [-0.05, 0) is 25.0 Å². The summed E-state index contributed by atoms with van der Waals surface area (Å²) in [4.78, 5) is 12.1. The van der Waals surface area contributed by atoms with Crippen molar-refractivity contribution in [2.45, 2.75) is 32.0 Å². The lowest BCUT2D eigenvalue weighted by Gasteiger charge is -2.19. The molecule has 2 atom stereocenters. The van der Waals surface area contributed by atoms with Crippen LogP contribution in [-0.4, -0.2) is 18.7 Å². The number of epoxide rings is 1. The molecule has 104 valence electrons. The van der Waals surface area contributed by atoms with E-state index in [4.69, 9.17) is 9.47 Å². The Kier molecular flexibility index (Phi) is 3.47. The van der Waals surface area contributed by atoms with Gasteiger partial charge in [-0.3, -0.25) is 0 Å². The van der Waals surface area contributed by atoms with E-state index in [1.165, 1.54) is 19.2 Å². The van der Waals surface area contributed by atoms with Crippen molar-refractivity contribution in [2.75, 3.05) is 7.11 Å².